The van der Waals surface area contributed by atoms with Crippen LogP contribution in [0.3, 0.4) is 0 Å². The Hall–Kier alpha value is -0.0800. The molecular weight excluding hydrogens is 148 g/mol. The molecule has 12 heavy (non-hydrogen) atoms. The molecular formula is C10H20N2. The van der Waals surface area contributed by atoms with Gasteiger partial charge in [-0.05, 0) is 24.7 Å². The van der Waals surface area contributed by atoms with E-state index in [0.29, 0.717) is 5.54 Å². The molecule has 1 heterocycles. The molecule has 70 valence electrons. The van der Waals surface area contributed by atoms with Crippen LogP contribution in [0.25, 0.3) is 0 Å². The molecule has 2 nitrogen and oxygen atoms in total. The minimum Gasteiger partial charge on any atom is -0.329 e. The van der Waals surface area contributed by atoms with Crippen molar-refractivity contribution in [1.82, 2.24) is 4.90 Å². The lowest BCUT2D eigenvalue weighted by Crippen LogP contribution is -2.41. The maximum atomic E-state index is 5.80. The molecule has 1 aliphatic heterocycles. The van der Waals surface area contributed by atoms with Crippen molar-refractivity contribution in [2.75, 3.05) is 19.6 Å². The van der Waals surface area contributed by atoms with Crippen LogP contribution in [0.1, 0.15) is 26.7 Å². The maximum absolute atomic E-state index is 5.80. The van der Waals surface area contributed by atoms with E-state index < -0.39 is 0 Å². The monoisotopic (exact) mass is 168 g/mol. The van der Waals surface area contributed by atoms with Crippen molar-refractivity contribution < 1.29 is 0 Å². The molecule has 0 aromatic rings. The normalized spacial score (nSPS) is 40.2. The zero-order chi connectivity index (χ0) is 8.77. The molecule has 2 rings (SSSR count). The van der Waals surface area contributed by atoms with Crippen LogP contribution in [0.15, 0.2) is 0 Å². The van der Waals surface area contributed by atoms with E-state index in [-0.39, 0.29) is 0 Å². The molecule has 0 radical (unpaired) electrons. The van der Waals surface area contributed by atoms with Crippen molar-refractivity contribution in [3.63, 3.8) is 0 Å². The lowest BCUT2D eigenvalue weighted by atomic mass is 10.0. The highest BCUT2D eigenvalue weighted by molar-refractivity contribution is 5.06. The van der Waals surface area contributed by atoms with Crippen molar-refractivity contribution in [2.24, 2.45) is 17.6 Å². The molecule has 2 N–H and O–H groups in total. The van der Waals surface area contributed by atoms with Gasteiger partial charge < -0.3 is 5.73 Å². The highest BCUT2D eigenvalue weighted by atomic mass is 15.3. The predicted molar refractivity (Wildman–Crippen MR) is 50.9 cm³/mol. The topological polar surface area (TPSA) is 29.3 Å². The molecule has 0 aromatic heterocycles. The zero-order valence-corrected chi connectivity index (χ0v) is 8.21. The van der Waals surface area contributed by atoms with Crippen molar-refractivity contribution in [3.05, 3.63) is 0 Å². The van der Waals surface area contributed by atoms with Gasteiger partial charge >= 0.3 is 0 Å². The van der Waals surface area contributed by atoms with E-state index in [1.165, 1.54) is 25.9 Å². The van der Waals surface area contributed by atoms with Gasteiger partial charge in [0.1, 0.15) is 0 Å². The Balaban J connectivity index is 1.99. The first-order chi connectivity index (χ1) is 5.68. The van der Waals surface area contributed by atoms with Gasteiger partial charge in [0.25, 0.3) is 0 Å². The first kappa shape index (κ1) is 8.52. The molecule has 2 fully saturated rings. The third-order valence-corrected chi connectivity index (χ3v) is 3.87. The summed E-state index contributed by atoms with van der Waals surface area (Å²) in [6, 6.07) is 0. The van der Waals surface area contributed by atoms with Crippen LogP contribution < -0.4 is 5.73 Å². The summed E-state index contributed by atoms with van der Waals surface area (Å²) in [5, 5.41) is 0. The summed E-state index contributed by atoms with van der Waals surface area (Å²) >= 11 is 0. The second-order valence-electron chi connectivity index (χ2n) is 4.79. The fraction of sp³-hybridized carbons (Fsp3) is 1.00. The Morgan fingerprint density at radius 2 is 1.75 bits per heavy atom. The Morgan fingerprint density at radius 3 is 2.08 bits per heavy atom. The van der Waals surface area contributed by atoms with Gasteiger partial charge in [-0.2, -0.15) is 0 Å². The zero-order valence-electron chi connectivity index (χ0n) is 8.21. The largest absolute Gasteiger partial charge is 0.329 e. The van der Waals surface area contributed by atoms with Crippen LogP contribution in [-0.2, 0) is 0 Å². The minimum absolute atomic E-state index is 0.443. The highest BCUT2D eigenvalue weighted by Crippen LogP contribution is 2.44. The van der Waals surface area contributed by atoms with Gasteiger partial charge in [0.15, 0.2) is 0 Å². The van der Waals surface area contributed by atoms with Crippen molar-refractivity contribution in [3.8, 4) is 0 Å². The van der Waals surface area contributed by atoms with Crippen LogP contribution in [0, 0.1) is 11.8 Å². The van der Waals surface area contributed by atoms with E-state index in [1.807, 2.05) is 0 Å². The average molecular weight is 168 g/mol. The predicted octanol–water partition coefficient (Wildman–Crippen LogP) is 1.07. The fourth-order valence-electron chi connectivity index (χ4n) is 2.31. The second kappa shape index (κ2) is 2.71. The molecule has 1 saturated carbocycles. The molecule has 1 saturated heterocycles. The Bertz CT molecular complexity index is 165. The van der Waals surface area contributed by atoms with Crippen molar-refractivity contribution in [2.45, 2.75) is 32.2 Å². The van der Waals surface area contributed by atoms with Crippen LogP contribution in [-0.4, -0.2) is 30.1 Å². The van der Waals surface area contributed by atoms with Gasteiger partial charge in [-0.1, -0.05) is 13.8 Å². The molecule has 2 heteroatoms. The summed E-state index contributed by atoms with van der Waals surface area (Å²) in [4.78, 5) is 2.63. The van der Waals surface area contributed by atoms with E-state index in [9.17, 15) is 0 Å². The molecule has 0 aromatic carbocycles. The summed E-state index contributed by atoms with van der Waals surface area (Å²) in [5.41, 5.74) is 6.24. The number of nitrogens with two attached hydrogens (primary N) is 1. The lowest BCUT2D eigenvalue weighted by Gasteiger charge is -2.26. The molecule has 2 unspecified atom stereocenters. The SMILES string of the molecule is CC1CN(C2(CN)CC2)CC1C. The second-order valence-corrected chi connectivity index (χ2v) is 4.79. The van der Waals surface area contributed by atoms with Crippen LogP contribution in [0.2, 0.25) is 0 Å². The smallest absolute Gasteiger partial charge is 0.0333 e. The maximum Gasteiger partial charge on any atom is 0.0333 e. The first-order valence-corrected chi connectivity index (χ1v) is 5.13. The standard InChI is InChI=1S/C10H20N2/c1-8-5-12(6-9(8)2)10(7-11)3-4-10/h8-9H,3-7,11H2,1-2H3. The van der Waals surface area contributed by atoms with E-state index >= 15 is 0 Å². The summed E-state index contributed by atoms with van der Waals surface area (Å²) < 4.78 is 0. The fourth-order valence-corrected chi connectivity index (χ4v) is 2.31. The van der Waals surface area contributed by atoms with Crippen LogP contribution in [0.5, 0.6) is 0 Å². The highest BCUT2D eigenvalue weighted by Gasteiger charge is 2.49. The molecule has 0 bridgehead atoms. The molecule has 2 atom stereocenters. The Morgan fingerprint density at radius 1 is 1.25 bits per heavy atom. The van der Waals surface area contributed by atoms with E-state index in [4.69, 9.17) is 5.73 Å². The molecule has 0 spiro atoms. The van der Waals surface area contributed by atoms with E-state index in [2.05, 4.69) is 18.7 Å². The molecule has 2 aliphatic rings. The van der Waals surface area contributed by atoms with E-state index in [1.54, 1.807) is 0 Å². The minimum atomic E-state index is 0.443. The number of rotatable bonds is 2. The van der Waals surface area contributed by atoms with Gasteiger partial charge in [0.2, 0.25) is 0 Å². The number of hydrogen-bond acceptors (Lipinski definition) is 2. The molecule has 0 amide bonds. The van der Waals surface area contributed by atoms with Gasteiger partial charge in [-0.3, -0.25) is 4.90 Å². The van der Waals surface area contributed by atoms with Gasteiger partial charge in [-0.25, -0.2) is 0 Å². The average Bonchev–Trinajstić information content (AvgIpc) is 2.77. The first-order valence-electron chi connectivity index (χ1n) is 5.13. The third-order valence-electron chi connectivity index (χ3n) is 3.87. The van der Waals surface area contributed by atoms with Crippen molar-refractivity contribution >= 4 is 0 Å². The quantitative estimate of drug-likeness (QED) is 0.668. The van der Waals surface area contributed by atoms with E-state index in [0.717, 1.165) is 18.4 Å². The lowest BCUT2D eigenvalue weighted by molar-refractivity contribution is 0.217. The third kappa shape index (κ3) is 1.17. The molecule has 1 aliphatic carbocycles. The number of nitrogens with zero attached hydrogens (tertiary/aromatic N) is 1. The summed E-state index contributed by atoms with van der Waals surface area (Å²) in [7, 11) is 0. The van der Waals surface area contributed by atoms with Crippen LogP contribution in [0.4, 0.5) is 0 Å². The van der Waals surface area contributed by atoms with Gasteiger partial charge in [-0.15, -0.1) is 0 Å². The van der Waals surface area contributed by atoms with Gasteiger partial charge in [0.05, 0.1) is 0 Å². The van der Waals surface area contributed by atoms with Gasteiger partial charge in [0, 0.05) is 25.2 Å². The summed E-state index contributed by atoms with van der Waals surface area (Å²) in [6.07, 6.45) is 2.67. The summed E-state index contributed by atoms with van der Waals surface area (Å²) in [6.45, 7) is 8.14. The van der Waals surface area contributed by atoms with Crippen LogP contribution >= 0.6 is 0 Å². The Labute approximate surface area is 75.1 Å². The van der Waals surface area contributed by atoms with Crippen molar-refractivity contribution in [1.29, 1.82) is 0 Å². The number of likely N-dealkylation sites (tertiary alicyclic amines) is 1. The number of hydrogen-bond donors (Lipinski definition) is 1. The summed E-state index contributed by atoms with van der Waals surface area (Å²) in [5.74, 6) is 1.74. The Kier molecular flexibility index (Phi) is 1.92.